The van der Waals surface area contributed by atoms with Gasteiger partial charge in [0, 0.05) is 23.5 Å². The third-order valence-electron chi connectivity index (χ3n) is 7.58. The summed E-state index contributed by atoms with van der Waals surface area (Å²) in [5.74, 6) is 2.57. The summed E-state index contributed by atoms with van der Waals surface area (Å²) in [5, 5.41) is 2.08. The molecule has 3 aromatic rings. The Morgan fingerprint density at radius 2 is 1.82 bits per heavy atom. The summed E-state index contributed by atoms with van der Waals surface area (Å²) in [4.78, 5) is 32.4. The third kappa shape index (κ3) is 6.28. The summed E-state index contributed by atoms with van der Waals surface area (Å²) in [5.41, 5.74) is 2.89. The van der Waals surface area contributed by atoms with E-state index in [0.29, 0.717) is 48.6 Å². The highest BCUT2D eigenvalue weighted by Crippen LogP contribution is 2.35. The molecule has 0 saturated carbocycles. The largest absolute Gasteiger partial charge is 0.491 e. The highest BCUT2D eigenvalue weighted by molar-refractivity contribution is 7.10. The van der Waals surface area contributed by atoms with Crippen molar-refractivity contribution in [2.75, 3.05) is 33.0 Å². The van der Waals surface area contributed by atoms with Gasteiger partial charge < -0.3 is 24.0 Å². The molecular weight excluding hydrogens is 524 g/mol. The minimum absolute atomic E-state index is 0.0129. The fourth-order valence-corrected chi connectivity index (χ4v) is 6.06. The first-order valence-corrected chi connectivity index (χ1v) is 15.0. The smallest absolute Gasteiger partial charge is 0.254 e. The van der Waals surface area contributed by atoms with E-state index in [9.17, 15) is 9.59 Å². The lowest BCUT2D eigenvalue weighted by molar-refractivity contribution is -0.135. The molecule has 2 aliphatic rings. The summed E-state index contributed by atoms with van der Waals surface area (Å²) in [7, 11) is 0. The van der Waals surface area contributed by atoms with Crippen LogP contribution >= 0.6 is 11.3 Å². The zero-order chi connectivity index (χ0) is 28.2. The summed E-state index contributed by atoms with van der Waals surface area (Å²) in [6, 6.07) is 15.3. The van der Waals surface area contributed by atoms with Gasteiger partial charge in [0.15, 0.2) is 11.5 Å². The first kappa shape index (κ1) is 28.0. The Labute approximate surface area is 240 Å². The number of carbonyl (C=O) groups is 2. The second-order valence-corrected chi connectivity index (χ2v) is 12.2. The van der Waals surface area contributed by atoms with Crippen LogP contribution in [-0.4, -0.2) is 54.6 Å². The molecule has 0 radical (unpaired) electrons. The van der Waals surface area contributed by atoms with E-state index in [1.807, 2.05) is 17.0 Å². The van der Waals surface area contributed by atoms with Gasteiger partial charge in [-0.05, 0) is 77.6 Å². The third-order valence-corrected chi connectivity index (χ3v) is 8.58. The molecule has 1 atom stereocenters. The Morgan fingerprint density at radius 3 is 2.58 bits per heavy atom. The van der Waals surface area contributed by atoms with Gasteiger partial charge in [-0.2, -0.15) is 0 Å². The number of nitrogens with zero attached hydrogens (tertiary/aromatic N) is 2. The van der Waals surface area contributed by atoms with Crippen LogP contribution in [0.4, 0.5) is 0 Å². The molecule has 2 aromatic carbocycles. The molecule has 0 fully saturated rings. The Kier molecular flexibility index (Phi) is 8.64. The predicted octanol–water partition coefficient (Wildman–Crippen LogP) is 6.29. The van der Waals surface area contributed by atoms with Gasteiger partial charge in [-0.1, -0.05) is 39.8 Å². The van der Waals surface area contributed by atoms with Crippen molar-refractivity contribution in [1.29, 1.82) is 0 Å². The molecular formula is C32H38N2O5S. The molecule has 2 amide bonds. The van der Waals surface area contributed by atoms with Gasteiger partial charge in [0.25, 0.3) is 5.91 Å². The number of rotatable bonds is 10. The molecule has 8 heteroatoms. The number of hydrogen-bond donors (Lipinski definition) is 0. The van der Waals surface area contributed by atoms with Crippen LogP contribution in [0.25, 0.3) is 0 Å². The normalized spacial score (nSPS) is 15.8. The predicted molar refractivity (Wildman–Crippen MR) is 156 cm³/mol. The Bertz CT molecular complexity index is 1330. The summed E-state index contributed by atoms with van der Waals surface area (Å²) in [6.45, 7) is 10.2. The van der Waals surface area contributed by atoms with Crippen LogP contribution in [0.2, 0.25) is 0 Å². The lowest BCUT2D eigenvalue weighted by atomic mass is 10.00. The lowest BCUT2D eigenvalue weighted by Crippen LogP contribution is -2.48. The van der Waals surface area contributed by atoms with Gasteiger partial charge in [0.1, 0.15) is 18.9 Å². The zero-order valence-corrected chi connectivity index (χ0v) is 24.5. The zero-order valence-electron chi connectivity index (χ0n) is 23.7. The van der Waals surface area contributed by atoms with Gasteiger partial charge in [-0.25, -0.2) is 0 Å². The number of hydrogen-bond acceptors (Lipinski definition) is 6. The maximum absolute atomic E-state index is 13.9. The van der Waals surface area contributed by atoms with E-state index in [2.05, 4.69) is 51.3 Å². The molecule has 0 spiro atoms. The Balaban J connectivity index is 1.33. The Morgan fingerprint density at radius 1 is 1.05 bits per heavy atom. The average molecular weight is 563 g/mol. The Hall–Kier alpha value is -3.52. The molecule has 5 rings (SSSR count). The van der Waals surface area contributed by atoms with Crippen LogP contribution in [0.5, 0.6) is 17.2 Å². The molecule has 0 aliphatic carbocycles. The number of fused-ring (bicyclic) bond motifs is 2. The van der Waals surface area contributed by atoms with E-state index in [-0.39, 0.29) is 31.2 Å². The van der Waals surface area contributed by atoms with E-state index in [1.165, 1.54) is 10.4 Å². The average Bonchev–Trinajstić information content (AvgIpc) is 3.62. The monoisotopic (exact) mass is 562 g/mol. The molecule has 2 aliphatic heterocycles. The molecule has 7 nitrogen and oxygen atoms in total. The molecule has 0 N–H and O–H groups in total. The minimum atomic E-state index is -0.208. The number of thiophene rings is 1. The minimum Gasteiger partial charge on any atom is -0.491 e. The number of amides is 2. The van der Waals surface area contributed by atoms with Crippen LogP contribution in [-0.2, 0) is 11.2 Å². The molecule has 1 aromatic heterocycles. The first-order valence-electron chi connectivity index (χ1n) is 14.1. The van der Waals surface area contributed by atoms with Crippen molar-refractivity contribution < 1.29 is 23.8 Å². The van der Waals surface area contributed by atoms with Gasteiger partial charge in [0.2, 0.25) is 12.7 Å². The van der Waals surface area contributed by atoms with Crippen molar-refractivity contribution in [3.05, 3.63) is 75.5 Å². The van der Waals surface area contributed by atoms with Crippen LogP contribution < -0.4 is 14.2 Å². The van der Waals surface area contributed by atoms with Crippen molar-refractivity contribution >= 4 is 23.2 Å². The first-order chi connectivity index (χ1) is 19.3. The summed E-state index contributed by atoms with van der Waals surface area (Å²) >= 11 is 1.73. The maximum Gasteiger partial charge on any atom is 0.254 e. The number of benzene rings is 2. The van der Waals surface area contributed by atoms with E-state index < -0.39 is 0 Å². The quantitative estimate of drug-likeness (QED) is 0.290. The van der Waals surface area contributed by atoms with Crippen molar-refractivity contribution in [3.63, 3.8) is 0 Å². The fraction of sp³-hybridized carbons (Fsp3) is 0.438. The molecule has 40 heavy (non-hydrogen) atoms. The van der Waals surface area contributed by atoms with Crippen LogP contribution in [0, 0.1) is 5.92 Å². The molecule has 212 valence electrons. The maximum atomic E-state index is 13.9. The van der Waals surface area contributed by atoms with E-state index in [1.54, 1.807) is 34.4 Å². The van der Waals surface area contributed by atoms with E-state index >= 15 is 0 Å². The van der Waals surface area contributed by atoms with E-state index in [4.69, 9.17) is 14.2 Å². The number of ether oxygens (including phenoxy) is 3. The van der Waals surface area contributed by atoms with Crippen LogP contribution in [0.3, 0.4) is 0 Å². The summed E-state index contributed by atoms with van der Waals surface area (Å²) in [6.07, 6.45) is 1.61. The van der Waals surface area contributed by atoms with E-state index in [0.717, 1.165) is 24.2 Å². The van der Waals surface area contributed by atoms with Gasteiger partial charge in [-0.15, -0.1) is 11.3 Å². The second-order valence-electron chi connectivity index (χ2n) is 11.2. The van der Waals surface area contributed by atoms with Crippen molar-refractivity contribution in [2.45, 2.75) is 52.5 Å². The highest BCUT2D eigenvalue weighted by Gasteiger charge is 2.34. The molecule has 0 bridgehead atoms. The van der Waals surface area contributed by atoms with Crippen molar-refractivity contribution in [1.82, 2.24) is 9.80 Å². The molecule has 1 unspecified atom stereocenters. The van der Waals surface area contributed by atoms with Crippen molar-refractivity contribution in [2.24, 2.45) is 5.92 Å². The van der Waals surface area contributed by atoms with Crippen LogP contribution in [0.15, 0.2) is 53.9 Å². The molecule has 0 saturated heterocycles. The SMILES string of the molecule is CC(C)CCN(CC(=O)N1CCc2sccc2C1COc1ccc(C(C)C)cc1)C(=O)c1ccc2c(c1)OCO2. The molecule has 3 heterocycles. The second kappa shape index (κ2) is 12.3. The summed E-state index contributed by atoms with van der Waals surface area (Å²) < 4.78 is 17.1. The lowest BCUT2D eigenvalue weighted by Gasteiger charge is -2.37. The standard InChI is InChI=1S/C32H38N2O5S/c1-21(2)11-14-33(32(36)24-7-10-28-29(17-24)39-20-38-28)18-31(35)34-15-12-30-26(13-16-40-30)27(34)19-37-25-8-5-23(6-9-25)22(3)4/h5-10,13,16-17,21-22,27H,11-12,14-15,18-20H2,1-4H3. The van der Waals surface area contributed by atoms with Gasteiger partial charge >= 0.3 is 0 Å². The number of carbonyl (C=O) groups excluding carboxylic acids is 2. The van der Waals surface area contributed by atoms with Gasteiger partial charge in [0.05, 0.1) is 6.04 Å². The fourth-order valence-electron chi connectivity index (χ4n) is 5.13. The van der Waals surface area contributed by atoms with Crippen molar-refractivity contribution in [3.8, 4) is 17.2 Å². The van der Waals surface area contributed by atoms with Gasteiger partial charge in [-0.3, -0.25) is 9.59 Å². The topological polar surface area (TPSA) is 68.3 Å². The highest BCUT2D eigenvalue weighted by atomic mass is 32.1. The van der Waals surface area contributed by atoms with Crippen LogP contribution in [0.1, 0.15) is 72.4 Å².